The van der Waals surface area contributed by atoms with Crippen LogP contribution in [-0.2, 0) is 28.7 Å². The minimum atomic E-state index is -4.45. The van der Waals surface area contributed by atoms with Crippen molar-refractivity contribution in [3.63, 3.8) is 0 Å². The number of amides is 1. The van der Waals surface area contributed by atoms with Crippen LogP contribution in [0.15, 0.2) is 36.5 Å². The minimum absolute atomic E-state index is 0.127. The number of esters is 1. The standard InChI is InChI=1S/C31H36F3N3O3/c1-40-28(38)26-7-3-2-6-25(26)20-8-12-36(13-9-20)24-16-22-5-4-11-30(22,17-24)29(39)37-14-10-27-21(19-37)15-23(18-35-27)31(32,33)34/h2-3,6-7,15,18,20,22,24H,4-5,8-14,16-17,19H2,1H3/t22-,24+,30-/m1/s1. The molecule has 0 N–H and O–H groups in total. The van der Waals surface area contributed by atoms with E-state index in [4.69, 9.17) is 4.74 Å². The molecule has 2 aliphatic heterocycles. The lowest BCUT2D eigenvalue weighted by molar-refractivity contribution is -0.144. The van der Waals surface area contributed by atoms with Gasteiger partial charge in [0.25, 0.3) is 0 Å². The maximum Gasteiger partial charge on any atom is 0.417 e. The molecular weight excluding hydrogens is 519 g/mol. The summed E-state index contributed by atoms with van der Waals surface area (Å²) in [4.78, 5) is 34.8. The zero-order chi connectivity index (χ0) is 28.1. The number of piperidine rings is 1. The van der Waals surface area contributed by atoms with Crippen molar-refractivity contribution >= 4 is 11.9 Å². The third-order valence-corrected chi connectivity index (χ3v) is 10.0. The SMILES string of the molecule is COC(=O)c1ccccc1C1CCN([C@H]2C[C@H]3CCC[C@@]3(C(=O)N3CCc4ncc(C(F)(F)F)cc4C3)C2)CC1. The molecule has 214 valence electrons. The number of alkyl halides is 3. The summed E-state index contributed by atoms with van der Waals surface area (Å²) in [5.74, 6) is 0.450. The van der Waals surface area contributed by atoms with E-state index >= 15 is 0 Å². The number of aromatic nitrogens is 1. The topological polar surface area (TPSA) is 62.7 Å². The van der Waals surface area contributed by atoms with Gasteiger partial charge in [0.15, 0.2) is 0 Å². The maximum absolute atomic E-state index is 14.1. The fraction of sp³-hybridized carbons (Fsp3) is 0.581. The molecule has 2 aliphatic carbocycles. The Morgan fingerprint density at radius 3 is 2.62 bits per heavy atom. The lowest BCUT2D eigenvalue weighted by Gasteiger charge is -2.39. The Kier molecular flexibility index (Phi) is 7.13. The molecule has 1 aromatic carbocycles. The van der Waals surface area contributed by atoms with Crippen LogP contribution in [0.4, 0.5) is 13.2 Å². The van der Waals surface area contributed by atoms with E-state index in [0.29, 0.717) is 47.7 Å². The first-order chi connectivity index (χ1) is 19.2. The normalized spacial score (nSPS) is 27.4. The zero-order valence-corrected chi connectivity index (χ0v) is 22.9. The summed E-state index contributed by atoms with van der Waals surface area (Å²) in [6.45, 7) is 2.55. The smallest absolute Gasteiger partial charge is 0.417 e. The number of benzene rings is 1. The molecule has 9 heteroatoms. The van der Waals surface area contributed by atoms with Gasteiger partial charge in [0.1, 0.15) is 0 Å². The van der Waals surface area contributed by atoms with Crippen molar-refractivity contribution in [2.45, 2.75) is 76.0 Å². The number of nitrogens with zero attached hydrogens (tertiary/aromatic N) is 3. The van der Waals surface area contributed by atoms with Gasteiger partial charge in [-0.15, -0.1) is 0 Å². The molecule has 0 radical (unpaired) electrons. The number of likely N-dealkylation sites (tertiary alicyclic amines) is 1. The lowest BCUT2D eigenvalue weighted by atomic mass is 9.78. The number of ether oxygens (including phenoxy) is 1. The van der Waals surface area contributed by atoms with Gasteiger partial charge in [0.05, 0.1) is 23.7 Å². The van der Waals surface area contributed by atoms with Crippen LogP contribution in [0.25, 0.3) is 0 Å². The first-order valence-corrected chi connectivity index (χ1v) is 14.5. The third kappa shape index (κ3) is 4.80. The number of carbonyl (C=O) groups is 2. The van der Waals surface area contributed by atoms with Crippen molar-refractivity contribution in [2.75, 3.05) is 26.7 Å². The second-order valence-electron chi connectivity index (χ2n) is 12.0. The van der Waals surface area contributed by atoms with Crippen LogP contribution in [0.1, 0.15) is 83.6 Å². The van der Waals surface area contributed by atoms with Gasteiger partial charge in [-0.05, 0) is 86.7 Å². The van der Waals surface area contributed by atoms with Crippen molar-refractivity contribution in [2.24, 2.45) is 11.3 Å². The third-order valence-electron chi connectivity index (χ3n) is 10.0. The second-order valence-corrected chi connectivity index (χ2v) is 12.0. The number of fused-ring (bicyclic) bond motifs is 2. The molecule has 6 nitrogen and oxygen atoms in total. The second kappa shape index (κ2) is 10.5. The molecule has 40 heavy (non-hydrogen) atoms. The summed E-state index contributed by atoms with van der Waals surface area (Å²) >= 11 is 0. The van der Waals surface area contributed by atoms with Crippen LogP contribution in [-0.4, -0.2) is 59.4 Å². The highest BCUT2D eigenvalue weighted by molar-refractivity contribution is 5.91. The van der Waals surface area contributed by atoms with Gasteiger partial charge in [-0.1, -0.05) is 24.6 Å². The Morgan fingerprint density at radius 2 is 1.88 bits per heavy atom. The molecule has 6 rings (SSSR count). The fourth-order valence-corrected chi connectivity index (χ4v) is 8.03. The van der Waals surface area contributed by atoms with Crippen LogP contribution < -0.4 is 0 Å². The van der Waals surface area contributed by atoms with E-state index in [2.05, 4.69) is 9.88 Å². The van der Waals surface area contributed by atoms with E-state index in [1.54, 1.807) is 4.90 Å². The van der Waals surface area contributed by atoms with Crippen molar-refractivity contribution in [3.8, 4) is 0 Å². The van der Waals surface area contributed by atoms with Gasteiger partial charge in [-0.25, -0.2) is 4.79 Å². The molecule has 1 aromatic heterocycles. The molecule has 0 unspecified atom stereocenters. The quantitative estimate of drug-likeness (QED) is 0.460. The van der Waals surface area contributed by atoms with Crippen LogP contribution >= 0.6 is 0 Å². The predicted molar refractivity (Wildman–Crippen MR) is 142 cm³/mol. The Bertz CT molecular complexity index is 1290. The Morgan fingerprint density at radius 1 is 1.10 bits per heavy atom. The van der Waals surface area contributed by atoms with Gasteiger partial charge in [-0.2, -0.15) is 13.2 Å². The summed E-state index contributed by atoms with van der Waals surface area (Å²) in [6, 6.07) is 9.21. The first-order valence-electron chi connectivity index (χ1n) is 14.5. The van der Waals surface area contributed by atoms with Crippen molar-refractivity contribution < 1.29 is 27.5 Å². The van der Waals surface area contributed by atoms with Crippen LogP contribution in [0, 0.1) is 11.3 Å². The van der Waals surface area contributed by atoms with E-state index < -0.39 is 17.2 Å². The monoisotopic (exact) mass is 555 g/mol. The van der Waals surface area contributed by atoms with E-state index in [1.165, 1.54) is 13.2 Å². The zero-order valence-electron chi connectivity index (χ0n) is 22.9. The Hall–Kier alpha value is -2.94. The highest BCUT2D eigenvalue weighted by atomic mass is 19.4. The van der Waals surface area contributed by atoms with E-state index in [0.717, 1.165) is 69.8 Å². The molecule has 3 atom stereocenters. The number of pyridine rings is 1. The molecule has 0 spiro atoms. The predicted octanol–water partition coefficient (Wildman–Crippen LogP) is 5.60. The molecule has 0 bridgehead atoms. The summed E-state index contributed by atoms with van der Waals surface area (Å²) in [5, 5.41) is 0. The van der Waals surface area contributed by atoms with E-state index in [9.17, 15) is 22.8 Å². The summed E-state index contributed by atoms with van der Waals surface area (Å²) in [5.41, 5.74) is 1.71. The number of carbonyl (C=O) groups excluding carboxylic acids is 2. The molecule has 4 aliphatic rings. The summed E-state index contributed by atoms with van der Waals surface area (Å²) in [6.07, 6.45) is 3.60. The van der Waals surface area contributed by atoms with Crippen molar-refractivity contribution in [1.82, 2.24) is 14.8 Å². The fourth-order valence-electron chi connectivity index (χ4n) is 8.03. The number of halogens is 3. The molecule has 1 saturated heterocycles. The number of methoxy groups -OCH3 is 1. The molecule has 3 heterocycles. The number of hydrogen-bond donors (Lipinski definition) is 0. The largest absolute Gasteiger partial charge is 0.465 e. The van der Waals surface area contributed by atoms with Crippen LogP contribution in [0.3, 0.4) is 0 Å². The van der Waals surface area contributed by atoms with Gasteiger partial charge < -0.3 is 14.5 Å². The average molecular weight is 556 g/mol. The van der Waals surface area contributed by atoms with Gasteiger partial charge in [0, 0.05) is 37.4 Å². The molecular formula is C31H36F3N3O3. The van der Waals surface area contributed by atoms with E-state index in [1.807, 2.05) is 24.3 Å². The average Bonchev–Trinajstić information content (AvgIpc) is 3.54. The highest BCUT2D eigenvalue weighted by Crippen LogP contribution is 2.57. The Labute approximate surface area is 232 Å². The highest BCUT2D eigenvalue weighted by Gasteiger charge is 2.57. The molecule has 2 saturated carbocycles. The van der Waals surface area contributed by atoms with Gasteiger partial charge >= 0.3 is 12.1 Å². The number of hydrogen-bond acceptors (Lipinski definition) is 5. The van der Waals surface area contributed by atoms with Crippen LogP contribution in [0.2, 0.25) is 0 Å². The maximum atomic E-state index is 14.1. The van der Waals surface area contributed by atoms with Gasteiger partial charge in [-0.3, -0.25) is 9.78 Å². The van der Waals surface area contributed by atoms with Gasteiger partial charge in [0.2, 0.25) is 5.91 Å². The van der Waals surface area contributed by atoms with E-state index in [-0.39, 0.29) is 18.4 Å². The molecule has 2 aromatic rings. The molecule has 1 amide bonds. The number of rotatable bonds is 4. The lowest BCUT2D eigenvalue weighted by Crippen LogP contribution is -2.47. The molecule has 3 fully saturated rings. The van der Waals surface area contributed by atoms with Crippen molar-refractivity contribution in [1.29, 1.82) is 0 Å². The van der Waals surface area contributed by atoms with Crippen LogP contribution in [0.5, 0.6) is 0 Å². The summed E-state index contributed by atoms with van der Waals surface area (Å²) in [7, 11) is 1.41. The van der Waals surface area contributed by atoms with Crippen molar-refractivity contribution in [3.05, 3.63) is 64.5 Å². The Balaban J connectivity index is 1.13. The minimum Gasteiger partial charge on any atom is -0.465 e. The first kappa shape index (κ1) is 27.2. The summed E-state index contributed by atoms with van der Waals surface area (Å²) < 4.78 is 44.9.